The lowest BCUT2D eigenvalue weighted by atomic mass is 9.91. The van der Waals surface area contributed by atoms with E-state index >= 15 is 0 Å². The molecule has 1 saturated carbocycles. The first-order chi connectivity index (χ1) is 10.9. The van der Waals surface area contributed by atoms with E-state index in [0.29, 0.717) is 0 Å². The second-order valence-electron chi connectivity index (χ2n) is 6.15. The summed E-state index contributed by atoms with van der Waals surface area (Å²) in [6, 6.07) is 5.01. The van der Waals surface area contributed by atoms with Crippen LogP contribution in [0.1, 0.15) is 29.5 Å². The molecule has 1 aliphatic rings. The Kier molecular flexibility index (Phi) is 5.21. The van der Waals surface area contributed by atoms with Gasteiger partial charge in [-0.2, -0.15) is 0 Å². The number of aliphatic carboxylic acids is 1. The van der Waals surface area contributed by atoms with Crippen molar-refractivity contribution >= 4 is 11.9 Å². The SMILES string of the molecule is C=CCOCC(NC(=O)C1(c2cc(C)cc(C)c2)CC1)C(=O)O. The average molecular weight is 317 g/mol. The monoisotopic (exact) mass is 317 g/mol. The highest BCUT2D eigenvalue weighted by atomic mass is 16.5. The Morgan fingerprint density at radius 1 is 1.35 bits per heavy atom. The molecule has 1 aromatic rings. The molecule has 0 radical (unpaired) electrons. The number of rotatable bonds is 8. The van der Waals surface area contributed by atoms with Gasteiger partial charge in [0.1, 0.15) is 0 Å². The van der Waals surface area contributed by atoms with Gasteiger partial charge in [-0.1, -0.05) is 35.4 Å². The summed E-state index contributed by atoms with van der Waals surface area (Å²) in [5, 5.41) is 11.9. The zero-order chi connectivity index (χ0) is 17.0. The van der Waals surface area contributed by atoms with Gasteiger partial charge in [-0.25, -0.2) is 4.79 Å². The maximum Gasteiger partial charge on any atom is 0.328 e. The van der Waals surface area contributed by atoms with Gasteiger partial charge in [0.2, 0.25) is 5.91 Å². The molecular weight excluding hydrogens is 294 g/mol. The number of amides is 1. The van der Waals surface area contributed by atoms with Crippen molar-refractivity contribution in [2.75, 3.05) is 13.2 Å². The van der Waals surface area contributed by atoms with Crippen molar-refractivity contribution in [1.82, 2.24) is 5.32 Å². The van der Waals surface area contributed by atoms with Crippen LogP contribution < -0.4 is 5.32 Å². The molecule has 124 valence electrons. The highest BCUT2D eigenvalue weighted by molar-refractivity contribution is 5.94. The number of ether oxygens (including phenoxy) is 1. The van der Waals surface area contributed by atoms with Crippen LogP contribution in [-0.4, -0.2) is 36.2 Å². The lowest BCUT2D eigenvalue weighted by Crippen LogP contribution is -2.48. The first kappa shape index (κ1) is 17.2. The summed E-state index contributed by atoms with van der Waals surface area (Å²) < 4.78 is 5.17. The van der Waals surface area contributed by atoms with Crippen molar-refractivity contribution in [3.05, 3.63) is 47.5 Å². The zero-order valence-electron chi connectivity index (χ0n) is 13.6. The smallest absolute Gasteiger partial charge is 0.328 e. The molecule has 0 bridgehead atoms. The fourth-order valence-electron chi connectivity index (χ4n) is 2.76. The van der Waals surface area contributed by atoms with Crippen LogP contribution in [-0.2, 0) is 19.7 Å². The lowest BCUT2D eigenvalue weighted by molar-refractivity contribution is -0.143. The van der Waals surface area contributed by atoms with Gasteiger partial charge < -0.3 is 15.2 Å². The van der Waals surface area contributed by atoms with Gasteiger partial charge in [0, 0.05) is 0 Å². The van der Waals surface area contributed by atoms with Crippen LogP contribution in [0.4, 0.5) is 0 Å². The van der Waals surface area contributed by atoms with Crippen molar-refractivity contribution in [3.8, 4) is 0 Å². The van der Waals surface area contributed by atoms with Crippen LogP contribution in [0.15, 0.2) is 30.9 Å². The Bertz CT molecular complexity index is 599. The van der Waals surface area contributed by atoms with E-state index in [0.717, 1.165) is 29.5 Å². The molecule has 23 heavy (non-hydrogen) atoms. The van der Waals surface area contributed by atoms with Gasteiger partial charge in [-0.05, 0) is 32.3 Å². The third-order valence-electron chi connectivity index (χ3n) is 4.08. The fraction of sp³-hybridized carbons (Fsp3) is 0.444. The highest BCUT2D eigenvalue weighted by Gasteiger charge is 2.52. The van der Waals surface area contributed by atoms with E-state index < -0.39 is 17.4 Å². The summed E-state index contributed by atoms with van der Waals surface area (Å²) in [5.74, 6) is -1.34. The van der Waals surface area contributed by atoms with Gasteiger partial charge in [0.25, 0.3) is 0 Å². The van der Waals surface area contributed by atoms with Gasteiger partial charge in [0.05, 0.1) is 18.6 Å². The van der Waals surface area contributed by atoms with E-state index in [-0.39, 0.29) is 19.1 Å². The molecule has 1 aromatic carbocycles. The first-order valence-electron chi connectivity index (χ1n) is 7.70. The molecule has 1 fully saturated rings. The van der Waals surface area contributed by atoms with E-state index in [4.69, 9.17) is 4.74 Å². The Morgan fingerprint density at radius 3 is 2.43 bits per heavy atom. The van der Waals surface area contributed by atoms with Crippen LogP contribution in [0.2, 0.25) is 0 Å². The minimum absolute atomic E-state index is 0.0734. The van der Waals surface area contributed by atoms with Crippen molar-refractivity contribution in [3.63, 3.8) is 0 Å². The van der Waals surface area contributed by atoms with Crippen molar-refractivity contribution < 1.29 is 19.4 Å². The van der Waals surface area contributed by atoms with Crippen LogP contribution in [0, 0.1) is 13.8 Å². The third kappa shape index (κ3) is 3.99. The number of hydrogen-bond acceptors (Lipinski definition) is 3. The average Bonchev–Trinajstić information content (AvgIpc) is 3.26. The van der Waals surface area contributed by atoms with E-state index in [9.17, 15) is 14.7 Å². The Morgan fingerprint density at radius 2 is 1.96 bits per heavy atom. The molecule has 0 saturated heterocycles. The van der Waals surface area contributed by atoms with Gasteiger partial charge in [0.15, 0.2) is 6.04 Å². The molecule has 0 spiro atoms. The minimum Gasteiger partial charge on any atom is -0.480 e. The molecule has 1 atom stereocenters. The predicted octanol–water partition coefficient (Wildman–Crippen LogP) is 2.11. The summed E-state index contributed by atoms with van der Waals surface area (Å²) in [4.78, 5) is 23.9. The van der Waals surface area contributed by atoms with Crippen LogP contribution >= 0.6 is 0 Å². The number of carboxylic acids is 1. The predicted molar refractivity (Wildman–Crippen MR) is 87.4 cm³/mol. The third-order valence-corrected chi connectivity index (χ3v) is 4.08. The zero-order valence-corrected chi connectivity index (χ0v) is 13.6. The summed E-state index contributed by atoms with van der Waals surface area (Å²) >= 11 is 0. The number of nitrogens with one attached hydrogen (secondary N) is 1. The molecule has 1 aliphatic carbocycles. The van der Waals surface area contributed by atoms with E-state index in [2.05, 4.69) is 18.0 Å². The van der Waals surface area contributed by atoms with Crippen LogP contribution in [0.3, 0.4) is 0 Å². The molecule has 0 aliphatic heterocycles. The van der Waals surface area contributed by atoms with Gasteiger partial charge in [-0.15, -0.1) is 6.58 Å². The molecule has 1 amide bonds. The van der Waals surface area contributed by atoms with E-state index in [1.54, 1.807) is 6.08 Å². The summed E-state index contributed by atoms with van der Waals surface area (Å²) in [6.45, 7) is 7.67. The molecule has 2 N–H and O–H groups in total. The van der Waals surface area contributed by atoms with E-state index in [1.165, 1.54) is 0 Å². The lowest BCUT2D eigenvalue weighted by Gasteiger charge is -2.21. The first-order valence-corrected chi connectivity index (χ1v) is 7.70. The maximum atomic E-state index is 12.6. The Hall–Kier alpha value is -2.14. The van der Waals surface area contributed by atoms with Gasteiger partial charge >= 0.3 is 5.97 Å². The van der Waals surface area contributed by atoms with Crippen molar-refractivity contribution in [2.24, 2.45) is 0 Å². The second kappa shape index (κ2) is 6.96. The standard InChI is InChI=1S/C18H23NO4/c1-4-7-23-11-15(16(20)21)19-17(22)18(5-6-18)14-9-12(2)8-13(3)10-14/h4,8-10,15H,1,5-7,11H2,2-3H3,(H,19,22)(H,20,21). The Balaban J connectivity index is 2.11. The largest absolute Gasteiger partial charge is 0.480 e. The number of carbonyl (C=O) groups is 2. The fourth-order valence-corrected chi connectivity index (χ4v) is 2.76. The van der Waals surface area contributed by atoms with Crippen LogP contribution in [0.5, 0.6) is 0 Å². The summed E-state index contributed by atoms with van der Waals surface area (Å²) in [5.41, 5.74) is 2.57. The van der Waals surface area contributed by atoms with Crippen molar-refractivity contribution in [2.45, 2.75) is 38.1 Å². The summed E-state index contributed by atoms with van der Waals surface area (Å²) in [7, 11) is 0. The molecule has 2 rings (SSSR count). The summed E-state index contributed by atoms with van der Waals surface area (Å²) in [6.07, 6.45) is 3.02. The molecule has 1 unspecified atom stereocenters. The number of benzene rings is 1. The number of hydrogen-bond donors (Lipinski definition) is 2. The topological polar surface area (TPSA) is 75.6 Å². The van der Waals surface area contributed by atoms with Gasteiger partial charge in [-0.3, -0.25) is 4.79 Å². The van der Waals surface area contributed by atoms with E-state index in [1.807, 2.05) is 26.0 Å². The molecule has 5 heteroatoms. The van der Waals surface area contributed by atoms with Crippen molar-refractivity contribution in [1.29, 1.82) is 0 Å². The molecular formula is C18H23NO4. The number of aryl methyl sites for hydroxylation is 2. The normalized spacial score (nSPS) is 16.4. The highest BCUT2D eigenvalue weighted by Crippen LogP contribution is 2.48. The second-order valence-corrected chi connectivity index (χ2v) is 6.15. The molecule has 5 nitrogen and oxygen atoms in total. The maximum absolute atomic E-state index is 12.6. The number of carbonyl (C=O) groups excluding carboxylic acids is 1. The Labute approximate surface area is 136 Å². The molecule has 0 aromatic heterocycles. The number of carboxylic acid groups (broad SMARTS) is 1. The minimum atomic E-state index is -1.10. The quantitative estimate of drug-likeness (QED) is 0.569. The molecule has 0 heterocycles. The van der Waals surface area contributed by atoms with Crippen LogP contribution in [0.25, 0.3) is 0 Å².